The molecule has 0 aliphatic carbocycles. The summed E-state index contributed by atoms with van der Waals surface area (Å²) in [6.07, 6.45) is 6.39. The lowest BCUT2D eigenvalue weighted by Gasteiger charge is -2.11. The van der Waals surface area contributed by atoms with Crippen molar-refractivity contribution >= 4 is 5.91 Å². The molecule has 0 unspecified atom stereocenters. The molecule has 1 heterocycles. The molecule has 5 heteroatoms. The molecule has 1 amide bonds. The quantitative estimate of drug-likeness (QED) is 0.709. The van der Waals surface area contributed by atoms with Gasteiger partial charge >= 0.3 is 0 Å². The summed E-state index contributed by atoms with van der Waals surface area (Å²) >= 11 is 0. The maximum Gasteiger partial charge on any atom is 0.236 e. The molecule has 1 aromatic heterocycles. The first-order valence-electron chi connectivity index (χ1n) is 5.74. The number of hydrogen-bond donors (Lipinski definition) is 2. The molecule has 0 bridgehead atoms. The second kappa shape index (κ2) is 7.00. The molecule has 5 nitrogen and oxygen atoms in total. The highest BCUT2D eigenvalue weighted by Gasteiger charge is 2.11. The van der Waals surface area contributed by atoms with Crippen LogP contribution in [-0.4, -0.2) is 28.3 Å². The van der Waals surface area contributed by atoms with E-state index >= 15 is 0 Å². The Morgan fingerprint density at radius 3 is 3.06 bits per heavy atom. The van der Waals surface area contributed by atoms with Crippen LogP contribution in [0.25, 0.3) is 0 Å². The van der Waals surface area contributed by atoms with Gasteiger partial charge in [-0.25, -0.2) is 0 Å². The number of carbonyl (C=O) groups is 1. The smallest absolute Gasteiger partial charge is 0.236 e. The van der Waals surface area contributed by atoms with E-state index in [1.54, 1.807) is 10.9 Å². The largest absolute Gasteiger partial charge is 0.353 e. The summed E-state index contributed by atoms with van der Waals surface area (Å²) in [6.45, 7) is 3.34. The van der Waals surface area contributed by atoms with Crippen LogP contribution in [0.3, 0.4) is 0 Å². The van der Waals surface area contributed by atoms with Gasteiger partial charge in [-0.2, -0.15) is 5.10 Å². The van der Waals surface area contributed by atoms with Crippen molar-refractivity contribution in [2.45, 2.75) is 38.8 Å². The van der Waals surface area contributed by atoms with E-state index in [2.05, 4.69) is 17.3 Å². The highest BCUT2D eigenvalue weighted by molar-refractivity contribution is 5.81. The summed E-state index contributed by atoms with van der Waals surface area (Å²) in [6, 6.07) is 1.48. The summed E-state index contributed by atoms with van der Waals surface area (Å²) in [5.41, 5.74) is 5.73. The van der Waals surface area contributed by atoms with Gasteiger partial charge in [0.1, 0.15) is 0 Å². The van der Waals surface area contributed by atoms with E-state index in [0.29, 0.717) is 13.1 Å². The third-order valence-electron chi connectivity index (χ3n) is 2.40. The van der Waals surface area contributed by atoms with Gasteiger partial charge in [0.25, 0.3) is 0 Å². The Morgan fingerprint density at radius 2 is 2.44 bits per heavy atom. The highest BCUT2D eigenvalue weighted by atomic mass is 16.2. The van der Waals surface area contributed by atoms with E-state index in [1.807, 2.05) is 12.3 Å². The van der Waals surface area contributed by atoms with Crippen LogP contribution in [0.5, 0.6) is 0 Å². The lowest BCUT2D eigenvalue weighted by molar-refractivity contribution is -0.122. The van der Waals surface area contributed by atoms with Crippen LogP contribution in [-0.2, 0) is 11.3 Å². The number of rotatable bonds is 7. The molecular formula is C11H20N4O. The number of unbranched alkanes of at least 4 members (excludes halogenated alkanes) is 1. The van der Waals surface area contributed by atoms with Crippen LogP contribution in [0, 0.1) is 0 Å². The van der Waals surface area contributed by atoms with E-state index in [1.165, 1.54) is 0 Å². The summed E-state index contributed by atoms with van der Waals surface area (Å²) in [7, 11) is 0. The van der Waals surface area contributed by atoms with Crippen LogP contribution < -0.4 is 11.1 Å². The summed E-state index contributed by atoms with van der Waals surface area (Å²) in [5.74, 6) is -0.0689. The lowest BCUT2D eigenvalue weighted by Crippen LogP contribution is -2.41. The van der Waals surface area contributed by atoms with Gasteiger partial charge in [0.2, 0.25) is 5.91 Å². The summed E-state index contributed by atoms with van der Waals surface area (Å²) < 4.78 is 1.78. The normalized spacial score (nSPS) is 12.4. The van der Waals surface area contributed by atoms with Crippen LogP contribution in [0.1, 0.15) is 26.2 Å². The molecule has 90 valence electrons. The lowest BCUT2D eigenvalue weighted by atomic mass is 10.1. The SMILES string of the molecule is CCCC[C@H](N)C(=O)NCCn1cccn1. The highest BCUT2D eigenvalue weighted by Crippen LogP contribution is 1.97. The fourth-order valence-electron chi connectivity index (χ4n) is 1.41. The molecule has 0 aliphatic rings. The van der Waals surface area contributed by atoms with E-state index in [0.717, 1.165) is 19.3 Å². The molecule has 1 aromatic rings. The average Bonchev–Trinajstić information content (AvgIpc) is 2.78. The third kappa shape index (κ3) is 4.44. The molecule has 0 fully saturated rings. The zero-order valence-corrected chi connectivity index (χ0v) is 9.72. The van der Waals surface area contributed by atoms with Gasteiger partial charge in [0, 0.05) is 18.9 Å². The van der Waals surface area contributed by atoms with Crippen molar-refractivity contribution in [3.63, 3.8) is 0 Å². The molecule has 3 N–H and O–H groups in total. The molecular weight excluding hydrogens is 204 g/mol. The number of nitrogens with two attached hydrogens (primary N) is 1. The molecule has 1 atom stereocenters. The van der Waals surface area contributed by atoms with Crippen molar-refractivity contribution in [1.29, 1.82) is 0 Å². The van der Waals surface area contributed by atoms with Gasteiger partial charge < -0.3 is 11.1 Å². The maximum atomic E-state index is 11.5. The average molecular weight is 224 g/mol. The Labute approximate surface area is 96.0 Å². The van der Waals surface area contributed by atoms with Gasteiger partial charge in [-0.3, -0.25) is 9.48 Å². The maximum absolute atomic E-state index is 11.5. The second-order valence-electron chi connectivity index (χ2n) is 3.81. The number of amides is 1. The van der Waals surface area contributed by atoms with Crippen LogP contribution >= 0.6 is 0 Å². The molecule has 0 saturated carbocycles. The number of hydrogen-bond acceptors (Lipinski definition) is 3. The standard InChI is InChI=1S/C11H20N4O/c1-2-3-5-10(12)11(16)13-7-9-15-8-4-6-14-15/h4,6,8,10H,2-3,5,7,9,12H2,1H3,(H,13,16)/t10-/m0/s1. The Bertz CT molecular complexity index is 297. The number of carbonyl (C=O) groups excluding carboxylic acids is 1. The summed E-state index contributed by atoms with van der Waals surface area (Å²) in [5, 5.41) is 6.85. The Kier molecular flexibility index (Phi) is 5.56. The molecule has 1 rings (SSSR count). The Hall–Kier alpha value is -1.36. The Balaban J connectivity index is 2.14. The van der Waals surface area contributed by atoms with Crippen molar-refractivity contribution in [3.05, 3.63) is 18.5 Å². The predicted molar refractivity (Wildman–Crippen MR) is 62.7 cm³/mol. The van der Waals surface area contributed by atoms with Crippen molar-refractivity contribution in [2.24, 2.45) is 5.73 Å². The van der Waals surface area contributed by atoms with Gasteiger partial charge in [0.05, 0.1) is 12.6 Å². The van der Waals surface area contributed by atoms with Crippen molar-refractivity contribution in [3.8, 4) is 0 Å². The minimum absolute atomic E-state index is 0.0689. The molecule has 0 aromatic carbocycles. The van der Waals surface area contributed by atoms with E-state index in [4.69, 9.17) is 5.73 Å². The molecule has 0 saturated heterocycles. The first-order valence-corrected chi connectivity index (χ1v) is 5.74. The zero-order valence-electron chi connectivity index (χ0n) is 9.72. The van der Waals surface area contributed by atoms with Gasteiger partial charge in [-0.05, 0) is 12.5 Å². The zero-order chi connectivity index (χ0) is 11.8. The van der Waals surface area contributed by atoms with Crippen LogP contribution in [0.4, 0.5) is 0 Å². The van der Waals surface area contributed by atoms with E-state index in [-0.39, 0.29) is 11.9 Å². The van der Waals surface area contributed by atoms with Crippen molar-refractivity contribution < 1.29 is 4.79 Å². The predicted octanol–water partition coefficient (Wildman–Crippen LogP) is 0.517. The first kappa shape index (κ1) is 12.7. The monoisotopic (exact) mass is 224 g/mol. The van der Waals surface area contributed by atoms with Crippen LogP contribution in [0.2, 0.25) is 0 Å². The van der Waals surface area contributed by atoms with Crippen molar-refractivity contribution in [2.75, 3.05) is 6.54 Å². The third-order valence-corrected chi connectivity index (χ3v) is 2.40. The topological polar surface area (TPSA) is 72.9 Å². The van der Waals surface area contributed by atoms with Gasteiger partial charge in [0.15, 0.2) is 0 Å². The number of nitrogens with zero attached hydrogens (tertiary/aromatic N) is 2. The van der Waals surface area contributed by atoms with Gasteiger partial charge in [-0.1, -0.05) is 19.8 Å². The first-order chi connectivity index (χ1) is 7.74. The molecule has 16 heavy (non-hydrogen) atoms. The minimum Gasteiger partial charge on any atom is -0.353 e. The number of nitrogens with one attached hydrogen (secondary N) is 1. The Morgan fingerprint density at radius 1 is 1.62 bits per heavy atom. The summed E-state index contributed by atoms with van der Waals surface area (Å²) in [4.78, 5) is 11.5. The molecule has 0 radical (unpaired) electrons. The van der Waals surface area contributed by atoms with E-state index in [9.17, 15) is 4.79 Å². The molecule has 0 aliphatic heterocycles. The second-order valence-corrected chi connectivity index (χ2v) is 3.81. The molecule has 0 spiro atoms. The van der Waals surface area contributed by atoms with Crippen LogP contribution in [0.15, 0.2) is 18.5 Å². The van der Waals surface area contributed by atoms with E-state index < -0.39 is 0 Å². The number of aromatic nitrogens is 2. The fourth-order valence-corrected chi connectivity index (χ4v) is 1.41. The minimum atomic E-state index is -0.377. The fraction of sp³-hybridized carbons (Fsp3) is 0.636. The van der Waals surface area contributed by atoms with Gasteiger partial charge in [-0.15, -0.1) is 0 Å². The van der Waals surface area contributed by atoms with Crippen molar-refractivity contribution in [1.82, 2.24) is 15.1 Å².